The molecule has 22 heavy (non-hydrogen) atoms. The van der Waals surface area contributed by atoms with Crippen LogP contribution in [0.1, 0.15) is 18.4 Å². The topological polar surface area (TPSA) is 104 Å². The van der Waals surface area contributed by atoms with Crippen molar-refractivity contribution in [3.63, 3.8) is 0 Å². The van der Waals surface area contributed by atoms with E-state index in [4.69, 9.17) is 5.11 Å². The van der Waals surface area contributed by atoms with Gasteiger partial charge in [-0.15, -0.1) is 0 Å². The monoisotopic (exact) mass is 326 g/mol. The number of aliphatic carboxylic acids is 1. The van der Waals surface area contributed by atoms with Crippen LogP contribution in [0, 0.1) is 6.92 Å². The molecule has 1 amide bonds. The summed E-state index contributed by atoms with van der Waals surface area (Å²) in [7, 11) is -3.91. The van der Waals surface area contributed by atoms with Crippen LogP contribution in [0.2, 0.25) is 0 Å². The SMILES string of the molecule is Cc1ccc(S(=O)(=O)N2CCNC(CC(=O)O)CC2=O)cc1. The molecule has 1 aromatic carbocycles. The number of hydrogen-bond donors (Lipinski definition) is 2. The normalized spacial score (nSPS) is 19.8. The number of carboxylic acids is 1. The number of carbonyl (C=O) groups excluding carboxylic acids is 1. The van der Waals surface area contributed by atoms with Crippen LogP contribution in [0.5, 0.6) is 0 Å². The minimum Gasteiger partial charge on any atom is -0.481 e. The zero-order valence-electron chi connectivity index (χ0n) is 12.2. The highest BCUT2D eigenvalue weighted by Crippen LogP contribution is 2.19. The summed E-state index contributed by atoms with van der Waals surface area (Å²) in [5.74, 6) is -1.61. The van der Waals surface area contributed by atoms with Crippen LogP contribution < -0.4 is 5.32 Å². The van der Waals surface area contributed by atoms with E-state index in [0.717, 1.165) is 9.87 Å². The first-order valence-corrected chi connectivity index (χ1v) is 8.32. The van der Waals surface area contributed by atoms with E-state index in [1.165, 1.54) is 12.1 Å². The van der Waals surface area contributed by atoms with Gasteiger partial charge in [0.1, 0.15) is 0 Å². The van der Waals surface area contributed by atoms with E-state index < -0.39 is 27.9 Å². The molecule has 1 aromatic rings. The lowest BCUT2D eigenvalue weighted by atomic mass is 10.1. The molecular formula is C14H18N2O5S. The molecule has 120 valence electrons. The van der Waals surface area contributed by atoms with Crippen LogP contribution in [-0.2, 0) is 19.6 Å². The lowest BCUT2D eigenvalue weighted by Gasteiger charge is -2.20. The summed E-state index contributed by atoms with van der Waals surface area (Å²) in [6.07, 6.45) is -0.373. The van der Waals surface area contributed by atoms with Gasteiger partial charge < -0.3 is 10.4 Å². The van der Waals surface area contributed by atoms with E-state index in [1.807, 2.05) is 6.92 Å². The van der Waals surface area contributed by atoms with Crippen LogP contribution in [0.4, 0.5) is 0 Å². The molecule has 1 saturated heterocycles. The lowest BCUT2D eigenvalue weighted by molar-refractivity contribution is -0.137. The van der Waals surface area contributed by atoms with E-state index in [-0.39, 0.29) is 30.8 Å². The Kier molecular flexibility index (Phi) is 4.82. The van der Waals surface area contributed by atoms with E-state index >= 15 is 0 Å². The summed E-state index contributed by atoms with van der Waals surface area (Å²) in [6.45, 7) is 2.06. The smallest absolute Gasteiger partial charge is 0.304 e. The van der Waals surface area contributed by atoms with E-state index in [1.54, 1.807) is 12.1 Å². The summed E-state index contributed by atoms with van der Waals surface area (Å²) in [5.41, 5.74) is 0.921. The Hall–Kier alpha value is -1.93. The predicted molar refractivity (Wildman–Crippen MR) is 78.7 cm³/mol. The van der Waals surface area contributed by atoms with Crippen molar-refractivity contribution < 1.29 is 23.1 Å². The van der Waals surface area contributed by atoms with Crippen molar-refractivity contribution in [2.24, 2.45) is 0 Å². The molecule has 0 aromatic heterocycles. The largest absolute Gasteiger partial charge is 0.481 e. The fourth-order valence-corrected chi connectivity index (χ4v) is 3.74. The number of carbonyl (C=O) groups is 2. The molecule has 1 aliphatic rings. The molecule has 7 nitrogen and oxygen atoms in total. The Balaban J connectivity index is 2.22. The number of aryl methyl sites for hydroxylation is 1. The Labute approximate surface area is 129 Å². The van der Waals surface area contributed by atoms with Crippen LogP contribution in [-0.4, -0.2) is 48.8 Å². The molecule has 0 radical (unpaired) electrons. The zero-order chi connectivity index (χ0) is 16.3. The minimum atomic E-state index is -3.91. The fraction of sp³-hybridized carbons (Fsp3) is 0.429. The molecule has 1 aliphatic heterocycles. The second-order valence-electron chi connectivity index (χ2n) is 5.24. The highest BCUT2D eigenvalue weighted by molar-refractivity contribution is 7.89. The van der Waals surface area contributed by atoms with Crippen molar-refractivity contribution in [3.8, 4) is 0 Å². The van der Waals surface area contributed by atoms with E-state index in [9.17, 15) is 18.0 Å². The number of amides is 1. The van der Waals surface area contributed by atoms with Crippen molar-refractivity contribution >= 4 is 21.9 Å². The van der Waals surface area contributed by atoms with Crippen molar-refractivity contribution in [2.45, 2.75) is 30.7 Å². The van der Waals surface area contributed by atoms with Gasteiger partial charge in [0.2, 0.25) is 5.91 Å². The molecule has 8 heteroatoms. The summed E-state index contributed by atoms with van der Waals surface area (Å²) >= 11 is 0. The van der Waals surface area contributed by atoms with Gasteiger partial charge in [0.05, 0.1) is 11.3 Å². The average molecular weight is 326 g/mol. The first-order chi connectivity index (χ1) is 10.3. The quantitative estimate of drug-likeness (QED) is 0.827. The number of carboxylic acid groups (broad SMARTS) is 1. The first-order valence-electron chi connectivity index (χ1n) is 6.88. The van der Waals surface area contributed by atoms with Gasteiger partial charge in [0.15, 0.2) is 0 Å². The third-order valence-electron chi connectivity index (χ3n) is 3.48. The summed E-state index contributed by atoms with van der Waals surface area (Å²) in [4.78, 5) is 23.0. The second kappa shape index (κ2) is 6.45. The van der Waals surface area contributed by atoms with Gasteiger partial charge in [-0.1, -0.05) is 17.7 Å². The molecule has 1 unspecified atom stereocenters. The van der Waals surface area contributed by atoms with Crippen LogP contribution in [0.3, 0.4) is 0 Å². The molecule has 0 spiro atoms. The van der Waals surface area contributed by atoms with Crippen LogP contribution in [0.25, 0.3) is 0 Å². The minimum absolute atomic E-state index is 0.00877. The number of nitrogens with zero attached hydrogens (tertiary/aromatic N) is 1. The van der Waals surface area contributed by atoms with Gasteiger partial charge in [-0.2, -0.15) is 0 Å². The number of sulfonamides is 1. The highest BCUT2D eigenvalue weighted by atomic mass is 32.2. The molecular weight excluding hydrogens is 308 g/mol. The summed E-state index contributed by atoms with van der Waals surface area (Å²) < 4.78 is 25.9. The Morgan fingerprint density at radius 2 is 2.00 bits per heavy atom. The predicted octanol–water partition coefficient (Wildman–Crippen LogP) is 0.349. The maximum atomic E-state index is 12.6. The summed E-state index contributed by atoms with van der Waals surface area (Å²) in [5, 5.41) is 11.7. The second-order valence-corrected chi connectivity index (χ2v) is 7.10. The molecule has 1 fully saturated rings. The number of nitrogens with one attached hydrogen (secondary N) is 1. The molecule has 1 atom stereocenters. The number of benzene rings is 1. The third-order valence-corrected chi connectivity index (χ3v) is 5.31. The molecule has 0 aliphatic carbocycles. The van der Waals surface area contributed by atoms with Gasteiger partial charge >= 0.3 is 5.97 Å². The van der Waals surface area contributed by atoms with Gasteiger partial charge in [-0.25, -0.2) is 12.7 Å². The van der Waals surface area contributed by atoms with Gasteiger partial charge in [0, 0.05) is 25.6 Å². The Bertz CT molecular complexity index is 669. The molecule has 0 saturated carbocycles. The lowest BCUT2D eigenvalue weighted by Crippen LogP contribution is -2.38. The first kappa shape index (κ1) is 16.4. The number of hydrogen-bond acceptors (Lipinski definition) is 5. The van der Waals surface area contributed by atoms with E-state index in [2.05, 4.69) is 5.32 Å². The van der Waals surface area contributed by atoms with Crippen molar-refractivity contribution in [3.05, 3.63) is 29.8 Å². The molecule has 2 rings (SSSR count). The van der Waals surface area contributed by atoms with Gasteiger partial charge in [-0.05, 0) is 19.1 Å². The highest BCUT2D eigenvalue weighted by Gasteiger charge is 2.33. The summed E-state index contributed by atoms with van der Waals surface area (Å²) in [6, 6.07) is 5.71. The van der Waals surface area contributed by atoms with Crippen LogP contribution in [0.15, 0.2) is 29.2 Å². The molecule has 0 bridgehead atoms. The zero-order valence-corrected chi connectivity index (χ0v) is 13.0. The average Bonchev–Trinajstić information content (AvgIpc) is 2.60. The maximum Gasteiger partial charge on any atom is 0.304 e. The van der Waals surface area contributed by atoms with Gasteiger partial charge in [0.25, 0.3) is 10.0 Å². The standard InChI is InChI=1S/C14H18N2O5S/c1-10-2-4-12(5-3-10)22(20,21)16-7-6-15-11(8-13(16)17)9-14(18)19/h2-5,11,15H,6-9H2,1H3,(H,18,19). The number of rotatable bonds is 4. The molecule has 2 N–H and O–H groups in total. The Morgan fingerprint density at radius 1 is 1.36 bits per heavy atom. The molecule has 1 heterocycles. The Morgan fingerprint density at radius 3 is 2.59 bits per heavy atom. The van der Waals surface area contributed by atoms with Crippen molar-refractivity contribution in [1.29, 1.82) is 0 Å². The van der Waals surface area contributed by atoms with Crippen molar-refractivity contribution in [1.82, 2.24) is 9.62 Å². The fourth-order valence-electron chi connectivity index (χ4n) is 2.33. The van der Waals surface area contributed by atoms with Crippen LogP contribution >= 0.6 is 0 Å². The van der Waals surface area contributed by atoms with Crippen molar-refractivity contribution in [2.75, 3.05) is 13.1 Å². The third kappa shape index (κ3) is 3.63. The van der Waals surface area contributed by atoms with Gasteiger partial charge in [-0.3, -0.25) is 9.59 Å². The maximum absolute atomic E-state index is 12.6. The van der Waals surface area contributed by atoms with E-state index in [0.29, 0.717) is 0 Å².